The molecule has 2 atom stereocenters. The molecule has 0 bridgehead atoms. The summed E-state index contributed by atoms with van der Waals surface area (Å²) in [6.45, 7) is 5.85. The highest BCUT2D eigenvalue weighted by atomic mass is 16.5. The van der Waals surface area contributed by atoms with Gasteiger partial charge in [0.2, 0.25) is 0 Å². The van der Waals surface area contributed by atoms with Crippen LogP contribution in [0.5, 0.6) is 0 Å². The highest BCUT2D eigenvalue weighted by Gasteiger charge is 2.23. The zero-order chi connectivity index (χ0) is 8.27. The van der Waals surface area contributed by atoms with E-state index >= 15 is 0 Å². The van der Waals surface area contributed by atoms with Gasteiger partial charge in [-0.3, -0.25) is 0 Å². The largest absolute Gasteiger partial charge is 0.393 e. The van der Waals surface area contributed by atoms with Crippen LogP contribution in [-0.2, 0) is 4.74 Å². The second-order valence-corrected chi connectivity index (χ2v) is 3.82. The molecule has 1 N–H and O–H groups in total. The lowest BCUT2D eigenvalue weighted by Crippen LogP contribution is -2.32. The third-order valence-corrected chi connectivity index (χ3v) is 2.21. The van der Waals surface area contributed by atoms with Gasteiger partial charge in [0.15, 0.2) is 0 Å². The second-order valence-electron chi connectivity index (χ2n) is 3.82. The topological polar surface area (TPSA) is 29.5 Å². The Hall–Kier alpha value is -0.0800. The van der Waals surface area contributed by atoms with Crippen LogP contribution in [0.3, 0.4) is 0 Å². The van der Waals surface area contributed by atoms with Crippen LogP contribution in [0, 0.1) is 11.8 Å². The summed E-state index contributed by atoms with van der Waals surface area (Å²) in [6, 6.07) is 0. The fourth-order valence-electron chi connectivity index (χ4n) is 1.62. The first-order chi connectivity index (χ1) is 5.20. The monoisotopic (exact) mass is 158 g/mol. The molecule has 1 aliphatic heterocycles. The van der Waals surface area contributed by atoms with Crippen molar-refractivity contribution in [2.24, 2.45) is 11.8 Å². The molecule has 1 heterocycles. The molecule has 0 aromatic rings. The van der Waals surface area contributed by atoms with Crippen molar-refractivity contribution in [3.8, 4) is 0 Å². The van der Waals surface area contributed by atoms with Crippen molar-refractivity contribution in [3.63, 3.8) is 0 Å². The van der Waals surface area contributed by atoms with E-state index in [9.17, 15) is 5.11 Å². The highest BCUT2D eigenvalue weighted by Crippen LogP contribution is 2.21. The summed E-state index contributed by atoms with van der Waals surface area (Å²) in [6.07, 6.45) is 1.78. The van der Waals surface area contributed by atoms with E-state index in [4.69, 9.17) is 4.74 Å². The van der Waals surface area contributed by atoms with Crippen LogP contribution in [0.1, 0.15) is 26.7 Å². The number of rotatable bonds is 2. The Kier molecular flexibility index (Phi) is 3.34. The summed E-state index contributed by atoms with van der Waals surface area (Å²) in [4.78, 5) is 0. The standard InChI is InChI=1S/C9H18O2/c1-7(2)5-8-6-11-4-3-9(8)10/h7-10H,3-6H2,1-2H3/t8-,9+/m1/s1. The fourth-order valence-corrected chi connectivity index (χ4v) is 1.62. The van der Waals surface area contributed by atoms with E-state index in [1.54, 1.807) is 0 Å². The molecule has 1 aliphatic rings. The van der Waals surface area contributed by atoms with E-state index in [1.807, 2.05) is 0 Å². The maximum atomic E-state index is 9.54. The molecule has 0 spiro atoms. The van der Waals surface area contributed by atoms with Crippen molar-refractivity contribution in [3.05, 3.63) is 0 Å². The van der Waals surface area contributed by atoms with E-state index in [0.717, 1.165) is 26.1 Å². The normalized spacial score (nSPS) is 32.7. The molecular formula is C9H18O2. The summed E-state index contributed by atoms with van der Waals surface area (Å²) >= 11 is 0. The van der Waals surface area contributed by atoms with E-state index in [0.29, 0.717) is 11.8 Å². The van der Waals surface area contributed by atoms with Crippen LogP contribution in [-0.4, -0.2) is 24.4 Å². The van der Waals surface area contributed by atoms with E-state index in [1.165, 1.54) is 0 Å². The molecule has 0 aromatic carbocycles. The maximum absolute atomic E-state index is 9.54. The van der Waals surface area contributed by atoms with Gasteiger partial charge in [-0.2, -0.15) is 0 Å². The molecule has 2 heteroatoms. The van der Waals surface area contributed by atoms with Crippen LogP contribution in [0.2, 0.25) is 0 Å². The molecule has 11 heavy (non-hydrogen) atoms. The zero-order valence-electron chi connectivity index (χ0n) is 7.42. The zero-order valence-corrected chi connectivity index (χ0v) is 7.42. The van der Waals surface area contributed by atoms with Gasteiger partial charge in [-0.05, 0) is 18.8 Å². The van der Waals surface area contributed by atoms with Crippen LogP contribution in [0.4, 0.5) is 0 Å². The van der Waals surface area contributed by atoms with Gasteiger partial charge in [0, 0.05) is 12.5 Å². The third kappa shape index (κ3) is 2.80. The fraction of sp³-hybridized carbons (Fsp3) is 1.00. The van der Waals surface area contributed by atoms with Crippen molar-refractivity contribution < 1.29 is 9.84 Å². The van der Waals surface area contributed by atoms with Crippen LogP contribution < -0.4 is 0 Å². The Morgan fingerprint density at radius 3 is 2.82 bits per heavy atom. The van der Waals surface area contributed by atoms with Gasteiger partial charge in [-0.25, -0.2) is 0 Å². The molecule has 0 radical (unpaired) electrons. The molecule has 0 unspecified atom stereocenters. The van der Waals surface area contributed by atoms with Crippen molar-refractivity contribution in [1.29, 1.82) is 0 Å². The lowest BCUT2D eigenvalue weighted by atomic mass is 9.90. The summed E-state index contributed by atoms with van der Waals surface area (Å²) in [5.74, 6) is 1.04. The predicted octanol–water partition coefficient (Wildman–Crippen LogP) is 1.43. The second kappa shape index (κ2) is 4.07. The Labute approximate surface area is 68.6 Å². The van der Waals surface area contributed by atoms with Crippen molar-refractivity contribution in [1.82, 2.24) is 0 Å². The summed E-state index contributed by atoms with van der Waals surface area (Å²) in [5.41, 5.74) is 0. The smallest absolute Gasteiger partial charge is 0.0612 e. The minimum absolute atomic E-state index is 0.119. The third-order valence-electron chi connectivity index (χ3n) is 2.21. The van der Waals surface area contributed by atoms with E-state index < -0.39 is 0 Å². The molecule has 1 rings (SSSR count). The molecule has 0 aliphatic carbocycles. The average Bonchev–Trinajstić information content (AvgIpc) is 1.93. The number of hydrogen-bond donors (Lipinski definition) is 1. The maximum Gasteiger partial charge on any atom is 0.0612 e. The molecule has 2 nitrogen and oxygen atoms in total. The van der Waals surface area contributed by atoms with Crippen LogP contribution in [0.15, 0.2) is 0 Å². The van der Waals surface area contributed by atoms with Crippen LogP contribution in [0.25, 0.3) is 0 Å². The average molecular weight is 158 g/mol. The van der Waals surface area contributed by atoms with Crippen molar-refractivity contribution >= 4 is 0 Å². The van der Waals surface area contributed by atoms with Gasteiger partial charge in [-0.15, -0.1) is 0 Å². The SMILES string of the molecule is CC(C)C[C@@H]1COCC[C@@H]1O. The first-order valence-corrected chi connectivity index (χ1v) is 4.46. The quantitative estimate of drug-likeness (QED) is 0.658. The van der Waals surface area contributed by atoms with Gasteiger partial charge < -0.3 is 9.84 Å². The molecule has 0 saturated carbocycles. The Morgan fingerprint density at radius 2 is 2.27 bits per heavy atom. The first-order valence-electron chi connectivity index (χ1n) is 4.46. The minimum atomic E-state index is -0.119. The van der Waals surface area contributed by atoms with E-state index in [-0.39, 0.29) is 6.10 Å². The summed E-state index contributed by atoms with van der Waals surface area (Å²) in [7, 11) is 0. The summed E-state index contributed by atoms with van der Waals surface area (Å²) < 4.78 is 5.29. The van der Waals surface area contributed by atoms with E-state index in [2.05, 4.69) is 13.8 Å². The molecule has 66 valence electrons. The lowest BCUT2D eigenvalue weighted by molar-refractivity contribution is -0.0421. The number of aliphatic hydroxyl groups is 1. The van der Waals surface area contributed by atoms with Gasteiger partial charge in [0.25, 0.3) is 0 Å². The molecule has 0 amide bonds. The first kappa shape index (κ1) is 9.01. The molecular weight excluding hydrogens is 140 g/mol. The lowest BCUT2D eigenvalue weighted by Gasteiger charge is -2.28. The Morgan fingerprint density at radius 1 is 1.55 bits per heavy atom. The van der Waals surface area contributed by atoms with Gasteiger partial charge >= 0.3 is 0 Å². The van der Waals surface area contributed by atoms with Crippen LogP contribution >= 0.6 is 0 Å². The minimum Gasteiger partial charge on any atom is -0.393 e. The number of hydrogen-bond acceptors (Lipinski definition) is 2. The molecule has 0 aromatic heterocycles. The Balaban J connectivity index is 2.29. The summed E-state index contributed by atoms with van der Waals surface area (Å²) in [5, 5.41) is 9.54. The van der Waals surface area contributed by atoms with Crippen molar-refractivity contribution in [2.45, 2.75) is 32.8 Å². The number of ether oxygens (including phenoxy) is 1. The Bertz CT molecular complexity index is 112. The van der Waals surface area contributed by atoms with Gasteiger partial charge in [0.1, 0.15) is 0 Å². The predicted molar refractivity (Wildman–Crippen MR) is 44.4 cm³/mol. The highest BCUT2D eigenvalue weighted by molar-refractivity contribution is 4.73. The van der Waals surface area contributed by atoms with Gasteiger partial charge in [0.05, 0.1) is 12.7 Å². The molecule has 1 saturated heterocycles. The van der Waals surface area contributed by atoms with Crippen molar-refractivity contribution in [2.75, 3.05) is 13.2 Å². The number of aliphatic hydroxyl groups excluding tert-OH is 1. The molecule has 1 fully saturated rings. The van der Waals surface area contributed by atoms with Gasteiger partial charge in [-0.1, -0.05) is 13.8 Å².